The lowest BCUT2D eigenvalue weighted by Crippen LogP contribution is -2.36. The molecular formula is C17H32N4. The molecule has 4 heteroatoms. The molecule has 0 aliphatic heterocycles. The number of hydrogen-bond acceptors (Lipinski definition) is 3. The van der Waals surface area contributed by atoms with Crippen LogP contribution in [0.2, 0.25) is 0 Å². The fraction of sp³-hybridized carbons (Fsp3) is 0.824. The minimum Gasteiger partial charge on any atom is -0.309 e. The van der Waals surface area contributed by atoms with Crippen molar-refractivity contribution in [2.24, 2.45) is 5.92 Å². The van der Waals surface area contributed by atoms with Crippen LogP contribution in [0.5, 0.6) is 0 Å². The van der Waals surface area contributed by atoms with Gasteiger partial charge in [-0.1, -0.05) is 0 Å². The van der Waals surface area contributed by atoms with Gasteiger partial charge in [0.15, 0.2) is 0 Å². The van der Waals surface area contributed by atoms with Gasteiger partial charge in [0.1, 0.15) is 0 Å². The second kappa shape index (κ2) is 7.41. The zero-order chi connectivity index (χ0) is 15.4. The molecule has 1 aromatic heterocycles. The molecular weight excluding hydrogens is 260 g/mol. The van der Waals surface area contributed by atoms with Crippen LogP contribution in [0, 0.1) is 5.92 Å². The Labute approximate surface area is 129 Å². The molecule has 0 spiro atoms. The van der Waals surface area contributed by atoms with Crippen LogP contribution >= 0.6 is 0 Å². The number of aromatic nitrogens is 2. The van der Waals surface area contributed by atoms with E-state index in [4.69, 9.17) is 0 Å². The topological polar surface area (TPSA) is 33.1 Å². The summed E-state index contributed by atoms with van der Waals surface area (Å²) in [5.74, 6) is 0.886. The molecule has 4 nitrogen and oxygen atoms in total. The molecule has 0 radical (unpaired) electrons. The van der Waals surface area contributed by atoms with Crippen LogP contribution in [0.25, 0.3) is 0 Å². The molecule has 0 amide bonds. The summed E-state index contributed by atoms with van der Waals surface area (Å²) < 4.78 is 2.04. The molecule has 1 aromatic rings. The molecule has 2 rings (SSSR count). The van der Waals surface area contributed by atoms with Gasteiger partial charge in [-0.15, -0.1) is 0 Å². The summed E-state index contributed by atoms with van der Waals surface area (Å²) >= 11 is 0. The average Bonchev–Trinajstić information content (AvgIpc) is 2.90. The van der Waals surface area contributed by atoms with Crippen molar-refractivity contribution in [2.45, 2.75) is 64.6 Å². The second-order valence-electron chi connectivity index (χ2n) is 7.22. The molecule has 1 N–H and O–H groups in total. The zero-order valence-electron chi connectivity index (χ0n) is 14.3. The molecule has 1 heterocycles. The van der Waals surface area contributed by atoms with Crippen LogP contribution in [0.1, 0.15) is 64.1 Å². The van der Waals surface area contributed by atoms with Crippen molar-refractivity contribution in [1.29, 1.82) is 0 Å². The van der Waals surface area contributed by atoms with Crippen molar-refractivity contribution in [3.63, 3.8) is 0 Å². The lowest BCUT2D eigenvalue weighted by molar-refractivity contribution is 0.228. The third-order valence-electron chi connectivity index (χ3n) is 4.61. The molecule has 1 atom stereocenters. The summed E-state index contributed by atoms with van der Waals surface area (Å²) in [5.41, 5.74) is 1.30. The Morgan fingerprint density at radius 3 is 2.43 bits per heavy atom. The van der Waals surface area contributed by atoms with E-state index < -0.39 is 0 Å². The summed E-state index contributed by atoms with van der Waals surface area (Å²) in [6, 6.07) is 1.50. The van der Waals surface area contributed by atoms with E-state index in [0.29, 0.717) is 18.1 Å². The first kappa shape index (κ1) is 16.5. The Balaban J connectivity index is 1.79. The maximum absolute atomic E-state index is 4.45. The Kier molecular flexibility index (Phi) is 5.82. The number of nitrogens with one attached hydrogen (secondary N) is 1. The van der Waals surface area contributed by atoms with Gasteiger partial charge in [-0.3, -0.25) is 4.68 Å². The Hall–Kier alpha value is -0.870. The number of nitrogens with zero attached hydrogens (tertiary/aromatic N) is 3. The molecule has 1 aliphatic carbocycles. The first-order valence-corrected chi connectivity index (χ1v) is 8.40. The van der Waals surface area contributed by atoms with Gasteiger partial charge in [-0.25, -0.2) is 0 Å². The minimum atomic E-state index is 0.396. The monoisotopic (exact) mass is 292 g/mol. The van der Waals surface area contributed by atoms with Gasteiger partial charge in [0.25, 0.3) is 0 Å². The molecule has 0 saturated heterocycles. The first-order chi connectivity index (χ1) is 9.95. The Morgan fingerprint density at radius 1 is 1.24 bits per heavy atom. The highest BCUT2D eigenvalue weighted by Gasteiger charge is 2.23. The third-order valence-corrected chi connectivity index (χ3v) is 4.61. The van der Waals surface area contributed by atoms with Crippen LogP contribution in [-0.2, 0) is 0 Å². The van der Waals surface area contributed by atoms with Gasteiger partial charge >= 0.3 is 0 Å². The standard InChI is InChI=1S/C17H32N4/c1-13(2)21-12-16(10-18-21)14(3)19-17-8-6-15(7-9-17)11-20(4)5/h10,12-15,17,19H,6-9,11H2,1-5H3. The lowest BCUT2D eigenvalue weighted by atomic mass is 9.85. The SMILES string of the molecule is CC(NC1CCC(CN(C)C)CC1)c1cnn(C(C)C)c1. The van der Waals surface area contributed by atoms with Gasteiger partial charge < -0.3 is 10.2 Å². The predicted molar refractivity (Wildman–Crippen MR) is 88.5 cm³/mol. The molecule has 21 heavy (non-hydrogen) atoms. The average molecular weight is 292 g/mol. The number of rotatable bonds is 6. The van der Waals surface area contributed by atoms with Crippen LogP contribution in [-0.4, -0.2) is 41.4 Å². The molecule has 1 unspecified atom stereocenters. The summed E-state index contributed by atoms with van der Waals surface area (Å²) in [7, 11) is 4.36. The molecule has 1 saturated carbocycles. The van der Waals surface area contributed by atoms with Crippen LogP contribution in [0.4, 0.5) is 0 Å². The molecule has 1 aliphatic rings. The van der Waals surface area contributed by atoms with E-state index in [2.05, 4.69) is 56.4 Å². The summed E-state index contributed by atoms with van der Waals surface area (Å²) in [6.45, 7) is 7.83. The van der Waals surface area contributed by atoms with Crippen molar-refractivity contribution in [1.82, 2.24) is 20.0 Å². The lowest BCUT2D eigenvalue weighted by Gasteiger charge is -2.32. The second-order valence-corrected chi connectivity index (χ2v) is 7.22. The van der Waals surface area contributed by atoms with Gasteiger partial charge in [-0.05, 0) is 66.5 Å². The Morgan fingerprint density at radius 2 is 1.90 bits per heavy atom. The minimum absolute atomic E-state index is 0.396. The quantitative estimate of drug-likeness (QED) is 0.874. The molecule has 1 fully saturated rings. The highest BCUT2D eigenvalue weighted by Crippen LogP contribution is 2.26. The van der Waals surface area contributed by atoms with Crippen molar-refractivity contribution in [3.8, 4) is 0 Å². The first-order valence-electron chi connectivity index (χ1n) is 8.40. The van der Waals surface area contributed by atoms with Crippen LogP contribution < -0.4 is 5.32 Å². The highest BCUT2D eigenvalue weighted by molar-refractivity contribution is 5.10. The predicted octanol–water partition coefficient (Wildman–Crippen LogP) is 3.24. The van der Waals surface area contributed by atoms with E-state index in [1.165, 1.54) is 37.8 Å². The highest BCUT2D eigenvalue weighted by atomic mass is 15.3. The van der Waals surface area contributed by atoms with E-state index in [-0.39, 0.29) is 0 Å². The number of hydrogen-bond donors (Lipinski definition) is 1. The van der Waals surface area contributed by atoms with Crippen molar-refractivity contribution >= 4 is 0 Å². The Bertz CT molecular complexity index is 416. The molecule has 0 bridgehead atoms. The van der Waals surface area contributed by atoms with E-state index >= 15 is 0 Å². The molecule has 120 valence electrons. The van der Waals surface area contributed by atoms with E-state index in [1.807, 2.05) is 10.9 Å². The van der Waals surface area contributed by atoms with Crippen molar-refractivity contribution in [3.05, 3.63) is 18.0 Å². The fourth-order valence-electron chi connectivity index (χ4n) is 3.34. The van der Waals surface area contributed by atoms with Crippen molar-refractivity contribution < 1.29 is 0 Å². The van der Waals surface area contributed by atoms with Crippen LogP contribution in [0.15, 0.2) is 12.4 Å². The zero-order valence-corrected chi connectivity index (χ0v) is 14.3. The van der Waals surface area contributed by atoms with Gasteiger partial charge in [0, 0.05) is 36.4 Å². The van der Waals surface area contributed by atoms with Crippen molar-refractivity contribution in [2.75, 3.05) is 20.6 Å². The maximum Gasteiger partial charge on any atom is 0.0537 e. The van der Waals surface area contributed by atoms with E-state index in [0.717, 1.165) is 5.92 Å². The summed E-state index contributed by atoms with van der Waals surface area (Å²) in [6.07, 6.45) is 9.51. The van der Waals surface area contributed by atoms with Gasteiger partial charge in [0.05, 0.1) is 6.20 Å². The third kappa shape index (κ3) is 4.82. The van der Waals surface area contributed by atoms with E-state index in [9.17, 15) is 0 Å². The largest absolute Gasteiger partial charge is 0.309 e. The van der Waals surface area contributed by atoms with E-state index in [1.54, 1.807) is 0 Å². The van der Waals surface area contributed by atoms with Crippen LogP contribution in [0.3, 0.4) is 0 Å². The summed E-state index contributed by atoms with van der Waals surface area (Å²) in [5, 5.41) is 8.24. The molecule has 0 aromatic carbocycles. The van der Waals surface area contributed by atoms with Gasteiger partial charge in [-0.2, -0.15) is 5.10 Å². The smallest absolute Gasteiger partial charge is 0.0537 e. The normalized spacial score (nSPS) is 24.7. The summed E-state index contributed by atoms with van der Waals surface area (Å²) in [4.78, 5) is 2.32. The maximum atomic E-state index is 4.45. The van der Waals surface area contributed by atoms with Gasteiger partial charge in [0.2, 0.25) is 0 Å². The fourth-order valence-corrected chi connectivity index (χ4v) is 3.34.